The van der Waals surface area contributed by atoms with Crippen LogP contribution >= 0.6 is 0 Å². The van der Waals surface area contributed by atoms with Gasteiger partial charge in [0, 0.05) is 5.56 Å². The molecule has 0 spiro atoms. The number of hydrogen-bond acceptors (Lipinski definition) is 2. The Morgan fingerprint density at radius 1 is 1.05 bits per heavy atom. The Kier molecular flexibility index (Phi) is 4.69. The second-order valence-corrected chi connectivity index (χ2v) is 4.36. The summed E-state index contributed by atoms with van der Waals surface area (Å²) in [6.07, 6.45) is 0. The number of ether oxygens (including phenoxy) is 1. The van der Waals surface area contributed by atoms with Gasteiger partial charge >= 0.3 is 0 Å². The molecule has 0 aliphatic carbocycles. The number of nitrogens with one attached hydrogen (secondary N) is 1. The van der Waals surface area contributed by atoms with Crippen LogP contribution in [-0.2, 0) is 0 Å². The maximum Gasteiger partial charge on any atom is 0.131 e. The molecular formula is C16H17F2NO. The highest BCUT2D eigenvalue weighted by atomic mass is 19.1. The predicted octanol–water partition coefficient (Wildman–Crippen LogP) is 3.67. The van der Waals surface area contributed by atoms with Crippen molar-refractivity contribution in [3.63, 3.8) is 0 Å². The number of hydrogen-bond donors (Lipinski definition) is 1. The molecule has 1 unspecified atom stereocenters. The standard InChI is InChI=1S/C16H17F2NO/c1-3-20-12-9-7-11(8-10-12)16(19-2)15-13(17)5-4-6-14(15)18/h4-10,16,19H,3H2,1-2H3. The number of benzene rings is 2. The summed E-state index contributed by atoms with van der Waals surface area (Å²) in [6, 6.07) is 10.5. The number of halogens is 2. The summed E-state index contributed by atoms with van der Waals surface area (Å²) < 4.78 is 33.1. The van der Waals surface area contributed by atoms with E-state index in [1.54, 1.807) is 31.3 Å². The first-order valence-electron chi connectivity index (χ1n) is 6.51. The molecule has 0 bridgehead atoms. The highest BCUT2D eigenvalue weighted by Gasteiger charge is 2.20. The van der Waals surface area contributed by atoms with Crippen molar-refractivity contribution in [1.29, 1.82) is 0 Å². The summed E-state index contributed by atoms with van der Waals surface area (Å²) in [4.78, 5) is 0. The van der Waals surface area contributed by atoms with Crippen molar-refractivity contribution in [1.82, 2.24) is 5.32 Å². The van der Waals surface area contributed by atoms with Crippen molar-refractivity contribution < 1.29 is 13.5 Å². The van der Waals surface area contributed by atoms with E-state index in [9.17, 15) is 8.78 Å². The first-order valence-corrected chi connectivity index (χ1v) is 6.51. The molecule has 2 nitrogen and oxygen atoms in total. The molecule has 106 valence electrons. The van der Waals surface area contributed by atoms with Crippen LogP contribution in [0.1, 0.15) is 24.1 Å². The SMILES string of the molecule is CCOc1ccc(C(NC)c2c(F)cccc2F)cc1. The Morgan fingerprint density at radius 3 is 2.15 bits per heavy atom. The van der Waals surface area contributed by atoms with E-state index < -0.39 is 17.7 Å². The molecule has 0 saturated heterocycles. The highest BCUT2D eigenvalue weighted by molar-refractivity contribution is 5.36. The second-order valence-electron chi connectivity index (χ2n) is 4.36. The van der Waals surface area contributed by atoms with Gasteiger partial charge in [0.1, 0.15) is 17.4 Å². The van der Waals surface area contributed by atoms with E-state index in [0.717, 1.165) is 11.3 Å². The average molecular weight is 277 g/mol. The fourth-order valence-corrected chi connectivity index (χ4v) is 2.19. The quantitative estimate of drug-likeness (QED) is 0.900. The van der Waals surface area contributed by atoms with Crippen molar-refractivity contribution in [2.45, 2.75) is 13.0 Å². The Hall–Kier alpha value is -1.94. The molecular weight excluding hydrogens is 260 g/mol. The topological polar surface area (TPSA) is 21.3 Å². The monoisotopic (exact) mass is 277 g/mol. The van der Waals surface area contributed by atoms with E-state index in [4.69, 9.17) is 4.74 Å². The van der Waals surface area contributed by atoms with Crippen molar-refractivity contribution in [3.05, 3.63) is 65.2 Å². The van der Waals surface area contributed by atoms with E-state index in [1.165, 1.54) is 18.2 Å². The molecule has 0 saturated carbocycles. The van der Waals surface area contributed by atoms with Crippen molar-refractivity contribution in [2.75, 3.05) is 13.7 Å². The van der Waals surface area contributed by atoms with E-state index in [1.807, 2.05) is 6.92 Å². The van der Waals surface area contributed by atoms with E-state index >= 15 is 0 Å². The van der Waals surface area contributed by atoms with Crippen LogP contribution in [0.3, 0.4) is 0 Å². The van der Waals surface area contributed by atoms with Crippen LogP contribution in [-0.4, -0.2) is 13.7 Å². The molecule has 2 aromatic carbocycles. The van der Waals surface area contributed by atoms with Gasteiger partial charge in [-0.1, -0.05) is 18.2 Å². The molecule has 4 heteroatoms. The molecule has 0 aliphatic rings. The molecule has 0 radical (unpaired) electrons. The minimum Gasteiger partial charge on any atom is -0.494 e. The normalized spacial score (nSPS) is 12.2. The Balaban J connectivity index is 2.37. The van der Waals surface area contributed by atoms with Crippen molar-refractivity contribution >= 4 is 0 Å². The fourth-order valence-electron chi connectivity index (χ4n) is 2.19. The van der Waals surface area contributed by atoms with Gasteiger partial charge < -0.3 is 10.1 Å². The second kappa shape index (κ2) is 6.48. The Bertz CT molecular complexity index is 549. The summed E-state index contributed by atoms with van der Waals surface area (Å²) in [5, 5.41) is 2.95. The lowest BCUT2D eigenvalue weighted by Gasteiger charge is -2.19. The van der Waals surface area contributed by atoms with Crippen molar-refractivity contribution in [2.24, 2.45) is 0 Å². The van der Waals surface area contributed by atoms with Crippen LogP contribution in [0.25, 0.3) is 0 Å². The smallest absolute Gasteiger partial charge is 0.131 e. The van der Waals surface area contributed by atoms with Crippen LogP contribution in [0.5, 0.6) is 5.75 Å². The minimum atomic E-state index is -0.557. The minimum absolute atomic E-state index is 0.0270. The summed E-state index contributed by atoms with van der Waals surface area (Å²) >= 11 is 0. The van der Waals surface area contributed by atoms with E-state index in [0.29, 0.717) is 6.61 Å². The number of rotatable bonds is 5. The van der Waals surface area contributed by atoms with Gasteiger partial charge in [-0.15, -0.1) is 0 Å². The Morgan fingerprint density at radius 2 is 1.65 bits per heavy atom. The Labute approximate surface area is 117 Å². The van der Waals surface area contributed by atoms with Crippen molar-refractivity contribution in [3.8, 4) is 5.75 Å². The maximum atomic E-state index is 13.9. The van der Waals surface area contributed by atoms with Crippen LogP contribution in [0.2, 0.25) is 0 Å². The predicted molar refractivity (Wildman–Crippen MR) is 74.9 cm³/mol. The molecule has 1 N–H and O–H groups in total. The molecule has 2 aromatic rings. The zero-order chi connectivity index (χ0) is 14.5. The molecule has 0 aliphatic heterocycles. The van der Waals surface area contributed by atoms with Gasteiger partial charge in [0.25, 0.3) is 0 Å². The van der Waals surface area contributed by atoms with Crippen LogP contribution in [0, 0.1) is 11.6 Å². The first kappa shape index (κ1) is 14.5. The lowest BCUT2D eigenvalue weighted by Crippen LogP contribution is -2.20. The lowest BCUT2D eigenvalue weighted by atomic mass is 9.98. The molecule has 0 amide bonds. The zero-order valence-electron chi connectivity index (χ0n) is 11.5. The highest BCUT2D eigenvalue weighted by Crippen LogP contribution is 2.27. The van der Waals surface area contributed by atoms with Gasteiger partial charge in [0.15, 0.2) is 0 Å². The summed E-state index contributed by atoms with van der Waals surface area (Å²) in [7, 11) is 1.67. The van der Waals surface area contributed by atoms with Crippen LogP contribution in [0.15, 0.2) is 42.5 Å². The van der Waals surface area contributed by atoms with Crippen LogP contribution < -0.4 is 10.1 Å². The lowest BCUT2D eigenvalue weighted by molar-refractivity contribution is 0.340. The van der Waals surface area contributed by atoms with Gasteiger partial charge in [-0.25, -0.2) is 8.78 Å². The fraction of sp³-hybridized carbons (Fsp3) is 0.250. The van der Waals surface area contributed by atoms with E-state index in [-0.39, 0.29) is 5.56 Å². The van der Waals surface area contributed by atoms with Crippen LogP contribution in [0.4, 0.5) is 8.78 Å². The molecule has 0 heterocycles. The third-order valence-electron chi connectivity index (χ3n) is 3.10. The summed E-state index contributed by atoms with van der Waals surface area (Å²) in [5.74, 6) is -0.378. The largest absolute Gasteiger partial charge is 0.494 e. The van der Waals surface area contributed by atoms with E-state index in [2.05, 4.69) is 5.32 Å². The average Bonchev–Trinajstić information content (AvgIpc) is 2.45. The van der Waals surface area contributed by atoms with Gasteiger partial charge in [0.05, 0.1) is 12.6 Å². The van der Waals surface area contributed by atoms with Gasteiger partial charge in [-0.2, -0.15) is 0 Å². The third-order valence-corrected chi connectivity index (χ3v) is 3.10. The van der Waals surface area contributed by atoms with Gasteiger partial charge in [0.2, 0.25) is 0 Å². The maximum absolute atomic E-state index is 13.9. The summed E-state index contributed by atoms with van der Waals surface area (Å²) in [5.41, 5.74) is 0.805. The molecule has 20 heavy (non-hydrogen) atoms. The third kappa shape index (κ3) is 2.96. The summed E-state index contributed by atoms with van der Waals surface area (Å²) in [6.45, 7) is 2.48. The zero-order valence-corrected chi connectivity index (χ0v) is 11.5. The molecule has 0 aromatic heterocycles. The molecule has 0 fully saturated rings. The van der Waals surface area contributed by atoms with Gasteiger partial charge in [-0.05, 0) is 43.8 Å². The molecule has 1 atom stereocenters. The van der Waals surface area contributed by atoms with Gasteiger partial charge in [-0.3, -0.25) is 0 Å². The first-order chi connectivity index (χ1) is 9.67. The molecule has 2 rings (SSSR count).